The van der Waals surface area contributed by atoms with E-state index < -0.39 is 10.0 Å². The van der Waals surface area contributed by atoms with E-state index in [-0.39, 0.29) is 4.90 Å². The molecule has 0 heterocycles. The Morgan fingerprint density at radius 2 is 1.90 bits per heavy atom. The molecule has 0 aliphatic carbocycles. The molecule has 0 fully saturated rings. The first kappa shape index (κ1) is 15.1. The van der Waals surface area contributed by atoms with Crippen LogP contribution in [-0.4, -0.2) is 8.42 Å². The second kappa shape index (κ2) is 5.98. The van der Waals surface area contributed by atoms with E-state index in [4.69, 9.17) is 5.26 Å². The third kappa shape index (κ3) is 3.23. The lowest BCUT2D eigenvalue weighted by atomic mass is 10.1. The summed E-state index contributed by atoms with van der Waals surface area (Å²) in [6.45, 7) is 3.68. The topological polar surface area (TPSA) is 70.0 Å². The SMILES string of the molecule is CCc1ccccc1NS(=O)(=O)c1cc(C#N)ccc1C. The highest BCUT2D eigenvalue weighted by atomic mass is 32.2. The quantitative estimate of drug-likeness (QED) is 0.942. The van der Waals surface area contributed by atoms with Gasteiger partial charge in [-0.25, -0.2) is 8.42 Å². The Labute approximate surface area is 125 Å². The van der Waals surface area contributed by atoms with Gasteiger partial charge in [0.1, 0.15) is 0 Å². The highest BCUT2D eigenvalue weighted by Gasteiger charge is 2.18. The fourth-order valence-electron chi connectivity index (χ4n) is 2.09. The van der Waals surface area contributed by atoms with Crippen molar-refractivity contribution in [3.8, 4) is 6.07 Å². The van der Waals surface area contributed by atoms with Gasteiger partial charge in [-0.3, -0.25) is 4.72 Å². The average molecular weight is 300 g/mol. The van der Waals surface area contributed by atoms with Crippen molar-refractivity contribution in [2.24, 2.45) is 0 Å². The van der Waals surface area contributed by atoms with Crippen LogP contribution >= 0.6 is 0 Å². The normalized spacial score (nSPS) is 10.9. The predicted octanol–water partition coefficient (Wildman–Crippen LogP) is 3.23. The van der Waals surface area contributed by atoms with Gasteiger partial charge in [0, 0.05) is 0 Å². The molecule has 0 aliphatic heterocycles. The Kier molecular flexibility index (Phi) is 4.29. The lowest BCUT2D eigenvalue weighted by Gasteiger charge is -2.13. The Hall–Kier alpha value is -2.32. The number of benzene rings is 2. The van der Waals surface area contributed by atoms with Crippen molar-refractivity contribution >= 4 is 15.7 Å². The molecular formula is C16H16N2O2S. The zero-order valence-corrected chi connectivity index (χ0v) is 12.7. The number of hydrogen-bond acceptors (Lipinski definition) is 3. The Bertz CT molecular complexity index is 805. The summed E-state index contributed by atoms with van der Waals surface area (Å²) in [5.41, 5.74) is 2.43. The molecule has 0 bridgehead atoms. The molecule has 4 nitrogen and oxygen atoms in total. The minimum absolute atomic E-state index is 0.132. The first-order chi connectivity index (χ1) is 9.97. The largest absolute Gasteiger partial charge is 0.279 e. The van der Waals surface area contributed by atoms with E-state index in [0.717, 1.165) is 12.0 Å². The molecular weight excluding hydrogens is 284 g/mol. The molecule has 5 heteroatoms. The molecule has 0 atom stereocenters. The Balaban J connectivity index is 2.46. The molecule has 108 valence electrons. The van der Waals surface area contributed by atoms with Crippen LogP contribution in [0, 0.1) is 18.3 Å². The van der Waals surface area contributed by atoms with Gasteiger partial charge in [0.15, 0.2) is 0 Å². The average Bonchev–Trinajstić information content (AvgIpc) is 2.47. The summed E-state index contributed by atoms with van der Waals surface area (Å²) in [6, 6.07) is 13.9. The number of nitrogens with zero attached hydrogens (tertiary/aromatic N) is 1. The molecule has 0 radical (unpaired) electrons. The maximum absolute atomic E-state index is 12.5. The van der Waals surface area contributed by atoms with Gasteiger partial charge in [-0.05, 0) is 42.7 Å². The molecule has 0 aromatic heterocycles. The third-order valence-electron chi connectivity index (χ3n) is 3.25. The van der Waals surface area contributed by atoms with Gasteiger partial charge in [-0.15, -0.1) is 0 Å². The molecule has 0 spiro atoms. The van der Waals surface area contributed by atoms with Crippen molar-refractivity contribution in [3.63, 3.8) is 0 Å². The minimum atomic E-state index is -3.71. The fourth-order valence-corrected chi connectivity index (χ4v) is 3.46. The number of nitriles is 1. The molecule has 0 unspecified atom stereocenters. The number of hydrogen-bond donors (Lipinski definition) is 1. The maximum Gasteiger partial charge on any atom is 0.262 e. The lowest BCUT2D eigenvalue weighted by molar-refractivity contribution is 0.600. The van der Waals surface area contributed by atoms with Crippen molar-refractivity contribution in [2.75, 3.05) is 4.72 Å². The molecule has 21 heavy (non-hydrogen) atoms. The molecule has 2 rings (SSSR count). The minimum Gasteiger partial charge on any atom is -0.279 e. The van der Waals surface area contributed by atoms with Crippen LogP contribution in [0.5, 0.6) is 0 Å². The summed E-state index contributed by atoms with van der Waals surface area (Å²) in [5, 5.41) is 8.93. The summed E-state index contributed by atoms with van der Waals surface area (Å²) >= 11 is 0. The summed E-state index contributed by atoms with van der Waals surface area (Å²) in [7, 11) is -3.71. The predicted molar refractivity (Wildman–Crippen MR) is 82.5 cm³/mol. The van der Waals surface area contributed by atoms with Crippen LogP contribution in [0.1, 0.15) is 23.6 Å². The van der Waals surface area contributed by atoms with E-state index in [1.807, 2.05) is 25.1 Å². The first-order valence-electron chi connectivity index (χ1n) is 6.59. The van der Waals surface area contributed by atoms with Crippen LogP contribution in [0.15, 0.2) is 47.4 Å². The van der Waals surface area contributed by atoms with Gasteiger partial charge in [0.2, 0.25) is 0 Å². The van der Waals surface area contributed by atoms with Crippen molar-refractivity contribution in [2.45, 2.75) is 25.2 Å². The second-order valence-electron chi connectivity index (χ2n) is 4.71. The highest BCUT2D eigenvalue weighted by Crippen LogP contribution is 2.23. The molecule has 0 amide bonds. The molecule has 2 aromatic carbocycles. The number of para-hydroxylation sites is 1. The molecule has 2 aromatic rings. The van der Waals surface area contributed by atoms with Crippen molar-refractivity contribution in [1.82, 2.24) is 0 Å². The standard InChI is InChI=1S/C16H16N2O2S/c1-3-14-6-4-5-7-15(14)18-21(19,20)16-10-13(11-17)9-8-12(16)2/h4-10,18H,3H2,1-2H3. The summed E-state index contributed by atoms with van der Waals surface area (Å²) in [5.74, 6) is 0. The fraction of sp³-hybridized carbons (Fsp3) is 0.188. The van der Waals surface area contributed by atoms with Crippen LogP contribution in [0.4, 0.5) is 5.69 Å². The summed E-state index contributed by atoms with van der Waals surface area (Å²) < 4.78 is 27.7. The number of rotatable bonds is 4. The van der Waals surface area contributed by atoms with Crippen molar-refractivity contribution in [1.29, 1.82) is 5.26 Å². The second-order valence-corrected chi connectivity index (χ2v) is 6.36. The third-order valence-corrected chi connectivity index (χ3v) is 4.76. The molecule has 1 N–H and O–H groups in total. The van der Waals surface area contributed by atoms with Crippen LogP contribution in [-0.2, 0) is 16.4 Å². The molecule has 0 saturated carbocycles. The smallest absolute Gasteiger partial charge is 0.262 e. The van der Waals surface area contributed by atoms with Crippen LogP contribution < -0.4 is 4.72 Å². The zero-order valence-electron chi connectivity index (χ0n) is 11.9. The Morgan fingerprint density at radius 1 is 1.19 bits per heavy atom. The first-order valence-corrected chi connectivity index (χ1v) is 8.07. The van der Waals surface area contributed by atoms with E-state index in [1.54, 1.807) is 31.2 Å². The van der Waals surface area contributed by atoms with Gasteiger partial charge >= 0.3 is 0 Å². The van der Waals surface area contributed by atoms with Crippen LogP contribution in [0.3, 0.4) is 0 Å². The summed E-state index contributed by atoms with van der Waals surface area (Å²) in [4.78, 5) is 0.132. The summed E-state index contributed by atoms with van der Waals surface area (Å²) in [6.07, 6.45) is 0.732. The highest BCUT2D eigenvalue weighted by molar-refractivity contribution is 7.92. The monoisotopic (exact) mass is 300 g/mol. The molecule has 0 aliphatic rings. The van der Waals surface area contributed by atoms with E-state index in [9.17, 15) is 8.42 Å². The Morgan fingerprint density at radius 3 is 2.57 bits per heavy atom. The van der Waals surface area contributed by atoms with E-state index in [2.05, 4.69) is 4.72 Å². The van der Waals surface area contributed by atoms with Crippen molar-refractivity contribution in [3.05, 3.63) is 59.2 Å². The lowest BCUT2D eigenvalue weighted by Crippen LogP contribution is -2.15. The van der Waals surface area contributed by atoms with Crippen LogP contribution in [0.2, 0.25) is 0 Å². The van der Waals surface area contributed by atoms with Gasteiger partial charge in [-0.2, -0.15) is 5.26 Å². The number of nitrogens with one attached hydrogen (secondary N) is 1. The van der Waals surface area contributed by atoms with Gasteiger partial charge in [0.25, 0.3) is 10.0 Å². The van der Waals surface area contributed by atoms with Crippen molar-refractivity contribution < 1.29 is 8.42 Å². The zero-order chi connectivity index (χ0) is 15.5. The molecule has 0 saturated heterocycles. The van der Waals surface area contributed by atoms with E-state index in [0.29, 0.717) is 16.8 Å². The number of sulfonamides is 1. The van der Waals surface area contributed by atoms with Gasteiger partial charge < -0.3 is 0 Å². The van der Waals surface area contributed by atoms with E-state index >= 15 is 0 Å². The van der Waals surface area contributed by atoms with E-state index in [1.165, 1.54) is 6.07 Å². The number of anilines is 1. The van der Waals surface area contributed by atoms with Gasteiger partial charge in [0.05, 0.1) is 22.2 Å². The maximum atomic E-state index is 12.5. The van der Waals surface area contributed by atoms with Crippen LogP contribution in [0.25, 0.3) is 0 Å². The number of aryl methyl sites for hydroxylation is 2. The van der Waals surface area contributed by atoms with Gasteiger partial charge in [-0.1, -0.05) is 31.2 Å².